The molecule has 1 aromatic heterocycles. The van der Waals surface area contributed by atoms with E-state index in [2.05, 4.69) is 9.72 Å². The van der Waals surface area contributed by atoms with Crippen LogP contribution in [0.3, 0.4) is 0 Å². The highest BCUT2D eigenvalue weighted by Crippen LogP contribution is 2.35. The Kier molecular flexibility index (Phi) is 10.2. The predicted octanol–water partition coefficient (Wildman–Crippen LogP) is 5.58. The molecule has 2 N–H and O–H groups in total. The molecule has 1 fully saturated rings. The minimum Gasteiger partial charge on any atom is -0.480 e. The lowest BCUT2D eigenvalue weighted by molar-refractivity contribution is -0.192. The van der Waals surface area contributed by atoms with E-state index in [0.717, 1.165) is 29.3 Å². The molecule has 1 atom stereocenters. The van der Waals surface area contributed by atoms with Crippen LogP contribution < -0.4 is 9.47 Å². The lowest BCUT2D eigenvalue weighted by atomic mass is 10.1. The molecule has 18 heteroatoms. The summed E-state index contributed by atoms with van der Waals surface area (Å²) in [6, 6.07) is 1.86. The van der Waals surface area contributed by atoms with E-state index in [1.807, 2.05) is 0 Å². The Balaban J connectivity index is 0.000000673. The van der Waals surface area contributed by atoms with Crippen LogP contribution in [0.5, 0.6) is 17.4 Å². The quantitative estimate of drug-likeness (QED) is 0.406. The molecule has 0 saturated carbocycles. The molecule has 0 unspecified atom stereocenters. The van der Waals surface area contributed by atoms with Gasteiger partial charge in [-0.25, -0.2) is 19.0 Å². The van der Waals surface area contributed by atoms with Gasteiger partial charge in [0.2, 0.25) is 5.88 Å². The zero-order valence-electron chi connectivity index (χ0n) is 18.9. The van der Waals surface area contributed by atoms with Crippen LogP contribution in [0, 0.1) is 5.82 Å². The van der Waals surface area contributed by atoms with E-state index in [0.29, 0.717) is 6.42 Å². The van der Waals surface area contributed by atoms with Crippen LogP contribution in [0.15, 0.2) is 24.4 Å². The predicted molar refractivity (Wildman–Crippen MR) is 118 cm³/mol. The summed E-state index contributed by atoms with van der Waals surface area (Å²) in [7, 11) is 0. The molecule has 0 aliphatic carbocycles. The maximum Gasteiger partial charge on any atom is 0.490 e. The van der Waals surface area contributed by atoms with Gasteiger partial charge in [0.1, 0.15) is 28.4 Å². The average Bonchev–Trinajstić information content (AvgIpc) is 3.30. The zero-order chi connectivity index (χ0) is 29.7. The number of carbonyl (C=O) groups excluding carboxylic acids is 1. The van der Waals surface area contributed by atoms with Crippen molar-refractivity contribution in [2.75, 3.05) is 13.2 Å². The fourth-order valence-corrected chi connectivity index (χ4v) is 3.45. The van der Waals surface area contributed by atoms with Gasteiger partial charge in [0.15, 0.2) is 6.61 Å². The molecule has 1 aliphatic rings. The number of ether oxygens (including phenoxy) is 2. The van der Waals surface area contributed by atoms with Crippen molar-refractivity contribution in [3.63, 3.8) is 0 Å². The third kappa shape index (κ3) is 9.02. The zero-order valence-corrected chi connectivity index (χ0v) is 20.5. The van der Waals surface area contributed by atoms with Gasteiger partial charge in [-0.2, -0.15) is 26.3 Å². The number of likely N-dealkylation sites (tertiary alicyclic amines) is 1. The Morgan fingerprint density at radius 3 is 2.18 bits per heavy atom. The number of benzene rings is 1. The van der Waals surface area contributed by atoms with E-state index in [-0.39, 0.29) is 34.5 Å². The normalized spacial score (nSPS) is 15.3. The third-order valence-corrected chi connectivity index (χ3v) is 5.24. The monoisotopic (exact) mass is 610 g/mol. The van der Waals surface area contributed by atoms with Crippen molar-refractivity contribution in [2.45, 2.75) is 31.2 Å². The van der Waals surface area contributed by atoms with Crippen LogP contribution in [0.2, 0.25) is 10.0 Å². The molecule has 0 bridgehead atoms. The summed E-state index contributed by atoms with van der Waals surface area (Å²) in [6.45, 7) is -1.43. The highest BCUT2D eigenvalue weighted by molar-refractivity contribution is 6.32. The Labute approximate surface area is 223 Å². The molecule has 9 nitrogen and oxygen atoms in total. The molecular formula is C21H15Cl2F7N2O7. The first-order valence-electron chi connectivity index (χ1n) is 10.3. The summed E-state index contributed by atoms with van der Waals surface area (Å²) in [5.74, 6) is -6.56. The summed E-state index contributed by atoms with van der Waals surface area (Å²) in [6.07, 6.45) is -7.94. The van der Waals surface area contributed by atoms with E-state index in [9.17, 15) is 45.4 Å². The van der Waals surface area contributed by atoms with Crippen molar-refractivity contribution >= 4 is 41.0 Å². The number of alkyl halides is 6. The SMILES string of the molecule is O=C(O)C(F)(F)F.O=C(O)[C@@H]1CCCN1C(=O)c1cc(Cl)c(Oc2cnc(OCC(F)(F)F)c(Cl)c2)cc1F. The number of carbonyl (C=O) groups is 3. The van der Waals surface area contributed by atoms with Gasteiger partial charge in [-0.3, -0.25) is 4.79 Å². The van der Waals surface area contributed by atoms with Crippen molar-refractivity contribution in [2.24, 2.45) is 0 Å². The van der Waals surface area contributed by atoms with E-state index in [1.165, 1.54) is 0 Å². The standard InChI is InChI=1S/C19H14Cl2F4N2O5.C2HF3O2/c20-11-5-10(17(28)27-3-1-2-14(27)18(29)30)13(22)6-15(11)32-9-4-12(21)16(26-7-9)31-8-19(23,24)25;3-2(4,5)1(6)7/h4-7,14H,1-3,8H2,(H,29,30);(H,6,7)/t14-;/m0./s1. The van der Waals surface area contributed by atoms with E-state index < -0.39 is 60.1 Å². The molecule has 39 heavy (non-hydrogen) atoms. The van der Waals surface area contributed by atoms with Crippen molar-refractivity contribution in [1.29, 1.82) is 0 Å². The van der Waals surface area contributed by atoms with Gasteiger partial charge in [-0.05, 0) is 18.9 Å². The number of aromatic nitrogens is 1. The second-order valence-electron chi connectivity index (χ2n) is 7.52. The molecule has 1 saturated heterocycles. The third-order valence-electron chi connectivity index (χ3n) is 4.68. The number of nitrogens with zero attached hydrogens (tertiary/aromatic N) is 2. The van der Waals surface area contributed by atoms with E-state index in [1.54, 1.807) is 0 Å². The molecule has 1 aliphatic heterocycles. The first-order chi connectivity index (χ1) is 17.9. The summed E-state index contributed by atoms with van der Waals surface area (Å²) in [5.41, 5.74) is -0.428. The van der Waals surface area contributed by atoms with E-state index >= 15 is 0 Å². The highest BCUT2D eigenvalue weighted by Gasteiger charge is 2.38. The largest absolute Gasteiger partial charge is 0.490 e. The maximum atomic E-state index is 14.6. The number of amides is 1. The minimum atomic E-state index is -5.08. The Bertz CT molecular complexity index is 1240. The number of carboxylic acid groups (broad SMARTS) is 2. The van der Waals surface area contributed by atoms with E-state index in [4.69, 9.17) is 37.8 Å². The summed E-state index contributed by atoms with van der Waals surface area (Å²) < 4.78 is 92.9. The average molecular weight is 611 g/mol. The van der Waals surface area contributed by atoms with Crippen molar-refractivity contribution in [3.8, 4) is 17.4 Å². The van der Waals surface area contributed by atoms with Crippen LogP contribution >= 0.6 is 23.2 Å². The highest BCUT2D eigenvalue weighted by atomic mass is 35.5. The van der Waals surface area contributed by atoms with Gasteiger partial charge in [0, 0.05) is 18.7 Å². The van der Waals surface area contributed by atoms with Gasteiger partial charge in [0.25, 0.3) is 5.91 Å². The second kappa shape index (κ2) is 12.5. The molecule has 2 heterocycles. The Morgan fingerprint density at radius 1 is 1.05 bits per heavy atom. The van der Waals surface area contributed by atoms with Gasteiger partial charge in [0.05, 0.1) is 16.8 Å². The fraction of sp³-hybridized carbons (Fsp3) is 0.333. The number of rotatable bonds is 6. The molecule has 3 rings (SSSR count). The lowest BCUT2D eigenvalue weighted by Crippen LogP contribution is -2.40. The molecular weight excluding hydrogens is 596 g/mol. The second-order valence-corrected chi connectivity index (χ2v) is 8.34. The van der Waals surface area contributed by atoms with Crippen LogP contribution in [0.25, 0.3) is 0 Å². The Hall–Kier alpha value is -3.53. The molecule has 1 aromatic carbocycles. The topological polar surface area (TPSA) is 126 Å². The number of halogens is 9. The maximum absolute atomic E-state index is 14.6. The number of aliphatic carboxylic acids is 2. The van der Waals surface area contributed by atoms with Crippen molar-refractivity contribution in [1.82, 2.24) is 9.88 Å². The van der Waals surface area contributed by atoms with Crippen LogP contribution in [-0.4, -0.2) is 69.5 Å². The fourth-order valence-electron chi connectivity index (χ4n) is 3.04. The lowest BCUT2D eigenvalue weighted by Gasteiger charge is -2.22. The van der Waals surface area contributed by atoms with Crippen molar-refractivity contribution in [3.05, 3.63) is 45.8 Å². The summed E-state index contributed by atoms with van der Waals surface area (Å²) in [4.78, 5) is 37.5. The smallest absolute Gasteiger partial charge is 0.480 e. The van der Waals surface area contributed by atoms with Crippen LogP contribution in [0.1, 0.15) is 23.2 Å². The summed E-state index contributed by atoms with van der Waals surface area (Å²) >= 11 is 11.9. The number of hydrogen-bond donors (Lipinski definition) is 2. The Morgan fingerprint density at radius 2 is 1.67 bits per heavy atom. The van der Waals surface area contributed by atoms with Gasteiger partial charge in [-0.1, -0.05) is 23.2 Å². The van der Waals surface area contributed by atoms with Crippen molar-refractivity contribution < 1.29 is 64.8 Å². The number of carboxylic acids is 2. The first kappa shape index (κ1) is 31.7. The van der Waals surface area contributed by atoms with Gasteiger partial charge < -0.3 is 24.6 Å². The number of hydrogen-bond acceptors (Lipinski definition) is 6. The molecule has 1 amide bonds. The van der Waals surface area contributed by atoms with Gasteiger partial charge in [-0.15, -0.1) is 0 Å². The van der Waals surface area contributed by atoms with Gasteiger partial charge >= 0.3 is 24.3 Å². The molecule has 2 aromatic rings. The molecule has 0 spiro atoms. The minimum absolute atomic E-state index is 0.0831. The molecule has 214 valence electrons. The molecule has 0 radical (unpaired) electrons. The van der Waals surface area contributed by atoms with Crippen LogP contribution in [0.4, 0.5) is 30.7 Å². The summed E-state index contributed by atoms with van der Waals surface area (Å²) in [5, 5.41) is 15.9. The van der Waals surface area contributed by atoms with Crippen LogP contribution in [-0.2, 0) is 9.59 Å². The number of pyridine rings is 1. The first-order valence-corrected chi connectivity index (χ1v) is 11.0.